The van der Waals surface area contributed by atoms with E-state index in [2.05, 4.69) is 36.4 Å². The molecular weight excluding hydrogens is 416 g/mol. The summed E-state index contributed by atoms with van der Waals surface area (Å²) in [6, 6.07) is 12.1. The van der Waals surface area contributed by atoms with Crippen LogP contribution >= 0.6 is 23.5 Å². The maximum atomic E-state index is 5.59. The zero-order valence-electron chi connectivity index (χ0n) is 17.8. The topological polar surface area (TPSA) is 36.9 Å². The molecule has 0 radical (unpaired) electrons. The quantitative estimate of drug-likeness (QED) is 0.464. The molecule has 1 heterocycles. The first kappa shape index (κ1) is 22.5. The number of ether oxygens (including phenoxy) is 4. The molecule has 160 valence electrons. The molecule has 0 N–H and O–H groups in total. The summed E-state index contributed by atoms with van der Waals surface area (Å²) in [5.41, 5.74) is 2.27. The van der Waals surface area contributed by atoms with Crippen molar-refractivity contribution < 1.29 is 18.9 Å². The minimum Gasteiger partial charge on any atom is -0.497 e. The first-order chi connectivity index (χ1) is 14.7. The highest BCUT2D eigenvalue weighted by Gasteiger charge is 2.35. The number of rotatable bonds is 8. The van der Waals surface area contributed by atoms with Crippen LogP contribution in [0.1, 0.15) is 17.5 Å². The minimum absolute atomic E-state index is 0.199. The van der Waals surface area contributed by atoms with E-state index in [1.54, 1.807) is 28.4 Å². The molecule has 6 heteroatoms. The van der Waals surface area contributed by atoms with Gasteiger partial charge in [-0.3, -0.25) is 0 Å². The third kappa shape index (κ3) is 5.10. The van der Waals surface area contributed by atoms with E-state index in [1.807, 2.05) is 47.8 Å². The fraction of sp³-hybridized carbons (Fsp3) is 0.333. The zero-order chi connectivity index (χ0) is 21.4. The summed E-state index contributed by atoms with van der Waals surface area (Å²) < 4.78 is 21.7. The standard InChI is InChI=1S/C24H28O4S2/c1-25-20-11-9-18(10-12-20)8-5-6-13-24(29-14-7-15-30-24)19-16-21(26-2)23(28-4)22(17-19)27-3/h5-6,8-13,16-17H,7,14-15H2,1-4H3/b8-5+,13-6+. The average Bonchev–Trinajstić information content (AvgIpc) is 2.81. The van der Waals surface area contributed by atoms with Gasteiger partial charge in [-0.15, -0.1) is 23.5 Å². The summed E-state index contributed by atoms with van der Waals surface area (Å²) in [6.07, 6.45) is 9.77. The molecule has 3 rings (SSSR count). The number of benzene rings is 2. The van der Waals surface area contributed by atoms with Crippen LogP contribution < -0.4 is 18.9 Å². The molecular formula is C24H28O4S2. The van der Waals surface area contributed by atoms with Crippen molar-refractivity contribution in [1.29, 1.82) is 0 Å². The van der Waals surface area contributed by atoms with Gasteiger partial charge in [-0.2, -0.15) is 0 Å². The highest BCUT2D eigenvalue weighted by Crippen LogP contribution is 2.54. The summed E-state index contributed by atoms with van der Waals surface area (Å²) in [5.74, 6) is 5.05. The molecule has 0 bridgehead atoms. The number of methoxy groups -OCH3 is 4. The lowest BCUT2D eigenvalue weighted by Crippen LogP contribution is -2.20. The molecule has 30 heavy (non-hydrogen) atoms. The van der Waals surface area contributed by atoms with E-state index in [0.29, 0.717) is 17.2 Å². The first-order valence-electron chi connectivity index (χ1n) is 9.74. The van der Waals surface area contributed by atoms with E-state index in [9.17, 15) is 0 Å². The lowest BCUT2D eigenvalue weighted by molar-refractivity contribution is 0.324. The number of allylic oxidation sites excluding steroid dienone is 2. The van der Waals surface area contributed by atoms with Gasteiger partial charge in [-0.05, 0) is 53.3 Å². The van der Waals surface area contributed by atoms with Gasteiger partial charge >= 0.3 is 0 Å². The van der Waals surface area contributed by atoms with Gasteiger partial charge in [-0.1, -0.05) is 36.4 Å². The second kappa shape index (κ2) is 10.7. The largest absolute Gasteiger partial charge is 0.497 e. The lowest BCUT2D eigenvalue weighted by Gasteiger charge is -2.34. The van der Waals surface area contributed by atoms with Gasteiger partial charge in [0, 0.05) is 0 Å². The van der Waals surface area contributed by atoms with E-state index in [-0.39, 0.29) is 4.08 Å². The lowest BCUT2D eigenvalue weighted by atomic mass is 10.1. The Labute approximate surface area is 187 Å². The summed E-state index contributed by atoms with van der Waals surface area (Å²) in [7, 11) is 6.62. The van der Waals surface area contributed by atoms with Gasteiger partial charge in [0.05, 0.1) is 28.4 Å². The predicted octanol–water partition coefficient (Wildman–Crippen LogP) is 6.01. The maximum Gasteiger partial charge on any atom is 0.203 e. The van der Waals surface area contributed by atoms with Crippen LogP contribution in [-0.2, 0) is 4.08 Å². The molecule has 0 saturated carbocycles. The Bertz CT molecular complexity index is 860. The van der Waals surface area contributed by atoms with Crippen LogP contribution in [0.5, 0.6) is 23.0 Å². The van der Waals surface area contributed by atoms with Crippen molar-refractivity contribution in [2.24, 2.45) is 0 Å². The van der Waals surface area contributed by atoms with Crippen molar-refractivity contribution in [1.82, 2.24) is 0 Å². The fourth-order valence-corrected chi connectivity index (χ4v) is 6.37. The van der Waals surface area contributed by atoms with E-state index in [1.165, 1.54) is 6.42 Å². The van der Waals surface area contributed by atoms with E-state index in [0.717, 1.165) is 28.4 Å². The van der Waals surface area contributed by atoms with Crippen LogP contribution in [0.3, 0.4) is 0 Å². The number of hydrogen-bond donors (Lipinski definition) is 0. The van der Waals surface area contributed by atoms with Crippen molar-refractivity contribution in [3.8, 4) is 23.0 Å². The number of hydrogen-bond acceptors (Lipinski definition) is 6. The second-order valence-corrected chi connectivity index (χ2v) is 9.56. The van der Waals surface area contributed by atoms with E-state index >= 15 is 0 Å². The van der Waals surface area contributed by atoms with Gasteiger partial charge in [0.15, 0.2) is 11.5 Å². The molecule has 2 aromatic carbocycles. The minimum atomic E-state index is -0.199. The Balaban J connectivity index is 1.90. The van der Waals surface area contributed by atoms with E-state index < -0.39 is 0 Å². The Morgan fingerprint density at radius 2 is 1.43 bits per heavy atom. The summed E-state index contributed by atoms with van der Waals surface area (Å²) >= 11 is 3.88. The van der Waals surface area contributed by atoms with Gasteiger partial charge in [0.2, 0.25) is 5.75 Å². The monoisotopic (exact) mass is 444 g/mol. The van der Waals surface area contributed by atoms with Gasteiger partial charge in [0.1, 0.15) is 9.83 Å². The van der Waals surface area contributed by atoms with Crippen LogP contribution in [0, 0.1) is 0 Å². The molecule has 1 aliphatic rings. The molecule has 4 nitrogen and oxygen atoms in total. The van der Waals surface area contributed by atoms with Crippen molar-refractivity contribution in [2.45, 2.75) is 10.5 Å². The molecule has 1 saturated heterocycles. The van der Waals surface area contributed by atoms with Crippen LogP contribution in [-0.4, -0.2) is 39.9 Å². The average molecular weight is 445 g/mol. The van der Waals surface area contributed by atoms with Crippen molar-refractivity contribution in [3.05, 3.63) is 65.8 Å². The third-order valence-electron chi connectivity index (χ3n) is 4.82. The Morgan fingerprint density at radius 3 is 1.97 bits per heavy atom. The fourth-order valence-electron chi connectivity index (χ4n) is 3.25. The highest BCUT2D eigenvalue weighted by atomic mass is 32.2. The van der Waals surface area contributed by atoms with Crippen LogP contribution in [0.4, 0.5) is 0 Å². The summed E-state index contributed by atoms with van der Waals surface area (Å²) in [6.45, 7) is 0. The molecule has 0 unspecified atom stereocenters. The number of thioether (sulfide) groups is 2. The Kier molecular flexibility index (Phi) is 8.05. The van der Waals surface area contributed by atoms with E-state index in [4.69, 9.17) is 18.9 Å². The maximum absolute atomic E-state index is 5.59. The Hall–Kier alpha value is -2.18. The SMILES string of the molecule is COc1ccc(/C=C/C=C/C2(c3cc(OC)c(OC)c(OC)c3)SCCCS2)cc1. The summed E-state index contributed by atoms with van der Waals surface area (Å²) in [5, 5.41) is 0. The molecule has 2 aromatic rings. The summed E-state index contributed by atoms with van der Waals surface area (Å²) in [4.78, 5) is 0. The first-order valence-corrected chi connectivity index (χ1v) is 11.7. The molecule has 0 amide bonds. The van der Waals surface area contributed by atoms with Crippen LogP contribution in [0.2, 0.25) is 0 Å². The highest BCUT2D eigenvalue weighted by molar-refractivity contribution is 8.18. The van der Waals surface area contributed by atoms with Gasteiger partial charge in [0.25, 0.3) is 0 Å². The molecule has 0 aliphatic carbocycles. The smallest absolute Gasteiger partial charge is 0.203 e. The Morgan fingerprint density at radius 1 is 0.800 bits per heavy atom. The zero-order valence-corrected chi connectivity index (χ0v) is 19.5. The van der Waals surface area contributed by atoms with Gasteiger partial charge in [-0.25, -0.2) is 0 Å². The normalized spacial score (nSPS) is 16.0. The molecule has 1 fully saturated rings. The van der Waals surface area contributed by atoms with Crippen LogP contribution in [0.15, 0.2) is 54.6 Å². The van der Waals surface area contributed by atoms with Crippen molar-refractivity contribution >= 4 is 29.6 Å². The molecule has 0 aromatic heterocycles. The predicted molar refractivity (Wildman–Crippen MR) is 128 cm³/mol. The molecule has 0 atom stereocenters. The second-order valence-electron chi connectivity index (χ2n) is 6.62. The molecule has 0 spiro atoms. The third-order valence-corrected chi connectivity index (χ3v) is 8.11. The van der Waals surface area contributed by atoms with Crippen LogP contribution in [0.25, 0.3) is 6.08 Å². The van der Waals surface area contributed by atoms with Crippen molar-refractivity contribution in [3.63, 3.8) is 0 Å². The van der Waals surface area contributed by atoms with Crippen molar-refractivity contribution in [2.75, 3.05) is 39.9 Å². The van der Waals surface area contributed by atoms with Gasteiger partial charge < -0.3 is 18.9 Å². The molecule has 1 aliphatic heterocycles.